The number of hydrogen-bond acceptors (Lipinski definition) is 5. The Kier molecular flexibility index (Phi) is 4.93. The van der Waals surface area contributed by atoms with Gasteiger partial charge in [0, 0.05) is 30.1 Å². The molecule has 0 fully saturated rings. The van der Waals surface area contributed by atoms with Gasteiger partial charge in [-0.25, -0.2) is 0 Å². The van der Waals surface area contributed by atoms with Crippen molar-refractivity contribution in [3.05, 3.63) is 95.8 Å². The summed E-state index contributed by atoms with van der Waals surface area (Å²) in [7, 11) is 0. The molecule has 1 N–H and O–H groups in total. The first-order valence-electron chi connectivity index (χ1n) is 8.97. The summed E-state index contributed by atoms with van der Waals surface area (Å²) in [5, 5.41) is 7.69. The van der Waals surface area contributed by atoms with Gasteiger partial charge in [0.15, 0.2) is 5.82 Å². The molecule has 0 aliphatic rings. The molecular formula is C22H19N5O. The molecule has 0 saturated carbocycles. The Labute approximate surface area is 162 Å². The van der Waals surface area contributed by atoms with Gasteiger partial charge >= 0.3 is 0 Å². The minimum absolute atomic E-state index is 0.241. The van der Waals surface area contributed by atoms with E-state index in [9.17, 15) is 4.79 Å². The van der Waals surface area contributed by atoms with Gasteiger partial charge in [-0.15, -0.1) is 5.10 Å². The van der Waals surface area contributed by atoms with Crippen molar-refractivity contribution in [2.24, 2.45) is 0 Å². The highest BCUT2D eigenvalue weighted by atomic mass is 16.2. The molecule has 0 bridgehead atoms. The van der Waals surface area contributed by atoms with Crippen LogP contribution in [0, 0.1) is 6.92 Å². The van der Waals surface area contributed by atoms with Crippen LogP contribution >= 0.6 is 0 Å². The molecule has 0 radical (unpaired) electrons. The molecule has 0 saturated heterocycles. The zero-order chi connectivity index (χ0) is 19.3. The van der Waals surface area contributed by atoms with Crippen LogP contribution in [0.2, 0.25) is 0 Å². The summed E-state index contributed by atoms with van der Waals surface area (Å²) < 4.78 is 1.31. The van der Waals surface area contributed by atoms with Crippen molar-refractivity contribution < 1.29 is 4.79 Å². The Morgan fingerprint density at radius 1 is 1.04 bits per heavy atom. The third kappa shape index (κ3) is 3.81. The summed E-state index contributed by atoms with van der Waals surface area (Å²) in [6.45, 7) is 2.58. The van der Waals surface area contributed by atoms with E-state index in [-0.39, 0.29) is 5.91 Å². The molecule has 6 heteroatoms. The number of rotatable bonds is 5. The quantitative estimate of drug-likeness (QED) is 0.577. The van der Waals surface area contributed by atoms with Crippen LogP contribution in [0.3, 0.4) is 0 Å². The Balaban J connectivity index is 1.68. The second-order valence-electron chi connectivity index (χ2n) is 6.43. The fourth-order valence-corrected chi connectivity index (χ4v) is 2.89. The number of nitrogens with zero attached hydrogens (tertiary/aromatic N) is 4. The van der Waals surface area contributed by atoms with Crippen LogP contribution in [0.1, 0.15) is 21.5 Å². The lowest BCUT2D eigenvalue weighted by molar-refractivity contribution is 0.0947. The summed E-state index contributed by atoms with van der Waals surface area (Å²) in [5.41, 5.74) is 3.58. The average Bonchev–Trinajstić information content (AvgIpc) is 3.17. The molecule has 2 aromatic carbocycles. The highest BCUT2D eigenvalue weighted by Gasteiger charge is 2.18. The molecule has 28 heavy (non-hydrogen) atoms. The number of benzene rings is 2. The second-order valence-corrected chi connectivity index (χ2v) is 6.43. The highest BCUT2D eigenvalue weighted by molar-refractivity contribution is 5.97. The maximum atomic E-state index is 13.0. The van der Waals surface area contributed by atoms with Gasteiger partial charge < -0.3 is 5.32 Å². The van der Waals surface area contributed by atoms with Gasteiger partial charge in [-0.3, -0.25) is 9.78 Å². The van der Waals surface area contributed by atoms with E-state index in [0.29, 0.717) is 23.9 Å². The maximum absolute atomic E-state index is 13.0. The lowest BCUT2D eigenvalue weighted by atomic mass is 10.1. The summed E-state index contributed by atoms with van der Waals surface area (Å²) in [5.74, 6) is 0.605. The predicted molar refractivity (Wildman–Crippen MR) is 108 cm³/mol. The van der Waals surface area contributed by atoms with Gasteiger partial charge in [0.1, 0.15) is 0 Å². The number of hydrogen-bond donors (Lipinski definition) is 1. The van der Waals surface area contributed by atoms with E-state index in [2.05, 4.69) is 26.4 Å². The molecule has 0 spiro atoms. The fourth-order valence-electron chi connectivity index (χ4n) is 2.89. The van der Waals surface area contributed by atoms with E-state index in [4.69, 9.17) is 0 Å². The molecular weight excluding hydrogens is 350 g/mol. The van der Waals surface area contributed by atoms with E-state index in [1.165, 1.54) is 10.2 Å². The minimum atomic E-state index is -0.241. The minimum Gasteiger partial charge on any atom is -0.350 e. The summed E-state index contributed by atoms with van der Waals surface area (Å²) in [6.07, 6.45) is 3.36. The maximum Gasteiger partial charge on any atom is 0.281 e. The van der Waals surface area contributed by atoms with Crippen LogP contribution in [0.5, 0.6) is 0 Å². The summed E-state index contributed by atoms with van der Waals surface area (Å²) in [6, 6.07) is 20.9. The van der Waals surface area contributed by atoms with Crippen LogP contribution in [-0.2, 0) is 6.54 Å². The number of carbonyl (C=O) groups excluding carboxylic acids is 1. The lowest BCUT2D eigenvalue weighted by Gasteiger charge is -2.08. The van der Waals surface area contributed by atoms with Crippen molar-refractivity contribution in [2.45, 2.75) is 13.5 Å². The van der Waals surface area contributed by atoms with Crippen molar-refractivity contribution in [3.63, 3.8) is 0 Å². The van der Waals surface area contributed by atoms with Crippen LogP contribution in [0.4, 0.5) is 5.95 Å². The first-order valence-corrected chi connectivity index (χ1v) is 8.97. The van der Waals surface area contributed by atoms with Gasteiger partial charge in [0.05, 0.1) is 0 Å². The molecule has 4 aromatic rings. The first kappa shape index (κ1) is 17.6. The van der Waals surface area contributed by atoms with Crippen molar-refractivity contribution in [1.82, 2.24) is 19.7 Å². The topological polar surface area (TPSA) is 72.7 Å². The number of aryl methyl sites for hydroxylation is 1. The molecule has 2 aromatic heterocycles. The molecule has 0 amide bonds. The lowest BCUT2D eigenvalue weighted by Crippen LogP contribution is -2.17. The standard InChI is InChI=1S/C22H19N5O/c1-16-7-5-8-17(13-16)14-24-22-25-20(19-11-6-12-23-15-19)26-27(22)21(28)18-9-3-2-4-10-18/h2-13,15H,14H2,1H3,(H,24,25,26). The number of anilines is 1. The smallest absolute Gasteiger partial charge is 0.281 e. The monoisotopic (exact) mass is 369 g/mol. The molecule has 0 atom stereocenters. The van der Waals surface area contributed by atoms with Crippen molar-refractivity contribution in [3.8, 4) is 11.4 Å². The third-order valence-corrected chi connectivity index (χ3v) is 4.27. The van der Waals surface area contributed by atoms with Gasteiger partial charge in [-0.2, -0.15) is 9.67 Å². The number of pyridine rings is 1. The van der Waals surface area contributed by atoms with Gasteiger partial charge in [0.2, 0.25) is 5.95 Å². The fraction of sp³-hybridized carbons (Fsp3) is 0.0909. The van der Waals surface area contributed by atoms with E-state index in [1.54, 1.807) is 24.5 Å². The van der Waals surface area contributed by atoms with Crippen molar-refractivity contribution in [1.29, 1.82) is 0 Å². The second kappa shape index (κ2) is 7.84. The Morgan fingerprint density at radius 2 is 1.89 bits per heavy atom. The Hall–Kier alpha value is -3.80. The van der Waals surface area contributed by atoms with E-state index < -0.39 is 0 Å². The van der Waals surface area contributed by atoms with Crippen LogP contribution < -0.4 is 5.32 Å². The zero-order valence-corrected chi connectivity index (χ0v) is 15.4. The van der Waals surface area contributed by atoms with Gasteiger partial charge in [-0.1, -0.05) is 48.0 Å². The third-order valence-electron chi connectivity index (χ3n) is 4.27. The largest absolute Gasteiger partial charge is 0.350 e. The molecule has 138 valence electrons. The Bertz CT molecular complexity index is 1090. The van der Waals surface area contributed by atoms with E-state index in [0.717, 1.165) is 11.1 Å². The van der Waals surface area contributed by atoms with Crippen LogP contribution in [0.15, 0.2) is 79.1 Å². The number of nitrogens with one attached hydrogen (secondary N) is 1. The van der Waals surface area contributed by atoms with Crippen molar-refractivity contribution in [2.75, 3.05) is 5.32 Å². The normalized spacial score (nSPS) is 10.6. The summed E-state index contributed by atoms with van der Waals surface area (Å²) >= 11 is 0. The molecule has 0 aliphatic carbocycles. The molecule has 0 unspecified atom stereocenters. The van der Waals surface area contributed by atoms with E-state index in [1.807, 2.05) is 55.5 Å². The first-order chi connectivity index (χ1) is 13.7. The summed E-state index contributed by atoms with van der Waals surface area (Å²) in [4.78, 5) is 21.6. The molecule has 0 aliphatic heterocycles. The highest BCUT2D eigenvalue weighted by Crippen LogP contribution is 2.19. The zero-order valence-electron chi connectivity index (χ0n) is 15.4. The Morgan fingerprint density at radius 3 is 2.64 bits per heavy atom. The van der Waals surface area contributed by atoms with Crippen molar-refractivity contribution >= 4 is 11.9 Å². The molecule has 4 rings (SSSR count). The predicted octanol–water partition coefficient (Wildman–Crippen LogP) is 3.95. The van der Waals surface area contributed by atoms with Crippen LogP contribution in [-0.4, -0.2) is 25.7 Å². The van der Waals surface area contributed by atoms with Crippen LogP contribution in [0.25, 0.3) is 11.4 Å². The number of aromatic nitrogens is 4. The van der Waals surface area contributed by atoms with E-state index >= 15 is 0 Å². The van der Waals surface area contributed by atoms with Gasteiger partial charge in [-0.05, 0) is 36.8 Å². The number of carbonyl (C=O) groups is 1. The molecule has 2 heterocycles. The van der Waals surface area contributed by atoms with Gasteiger partial charge in [0.25, 0.3) is 5.91 Å². The average molecular weight is 369 g/mol. The molecule has 6 nitrogen and oxygen atoms in total. The SMILES string of the molecule is Cc1cccc(CNc2nc(-c3cccnc3)nn2C(=O)c2ccccc2)c1.